The van der Waals surface area contributed by atoms with Crippen molar-refractivity contribution in [1.82, 2.24) is 15.0 Å². The summed E-state index contributed by atoms with van der Waals surface area (Å²) in [7, 11) is 0. The molecular formula is C7H3Cl2N3. The molecule has 0 unspecified atom stereocenters. The molecule has 5 heteroatoms. The van der Waals surface area contributed by atoms with Gasteiger partial charge in [-0.3, -0.25) is 0 Å². The highest BCUT2D eigenvalue weighted by Gasteiger charge is 1.98. The summed E-state index contributed by atoms with van der Waals surface area (Å²) in [6.45, 7) is 0. The first kappa shape index (κ1) is 7.71. The van der Waals surface area contributed by atoms with Crippen LogP contribution in [-0.2, 0) is 0 Å². The van der Waals surface area contributed by atoms with E-state index in [1.165, 1.54) is 12.4 Å². The molecule has 0 aromatic carbocycles. The van der Waals surface area contributed by atoms with Crippen LogP contribution in [0.1, 0.15) is 0 Å². The standard InChI is InChI=1S/C7H3Cl2N3/c8-4-1-5-7(10-2-4)11-3-6(9)12-5/h1-3H. The Kier molecular flexibility index (Phi) is 1.83. The Morgan fingerprint density at radius 1 is 1.08 bits per heavy atom. The number of pyridine rings is 1. The average Bonchev–Trinajstić information content (AvgIpc) is 2.03. The Hall–Kier alpha value is -0.930. The molecule has 0 saturated heterocycles. The van der Waals surface area contributed by atoms with Crippen LogP contribution < -0.4 is 0 Å². The van der Waals surface area contributed by atoms with E-state index in [1.807, 2.05) is 0 Å². The second-order valence-electron chi connectivity index (χ2n) is 2.19. The Bertz CT molecular complexity index is 393. The predicted molar refractivity (Wildman–Crippen MR) is 47.4 cm³/mol. The highest BCUT2D eigenvalue weighted by molar-refractivity contribution is 6.31. The SMILES string of the molecule is Clc1cnc2ncc(Cl)nc2c1. The normalized spacial score (nSPS) is 10.5. The van der Waals surface area contributed by atoms with E-state index in [4.69, 9.17) is 23.2 Å². The van der Waals surface area contributed by atoms with Crippen molar-refractivity contribution >= 4 is 34.4 Å². The minimum absolute atomic E-state index is 0.339. The molecule has 0 atom stereocenters. The molecule has 60 valence electrons. The molecule has 12 heavy (non-hydrogen) atoms. The van der Waals surface area contributed by atoms with Crippen molar-refractivity contribution in [3.8, 4) is 0 Å². The van der Waals surface area contributed by atoms with Crippen LogP contribution in [0.2, 0.25) is 10.2 Å². The van der Waals surface area contributed by atoms with Gasteiger partial charge in [-0.15, -0.1) is 0 Å². The van der Waals surface area contributed by atoms with Crippen molar-refractivity contribution in [2.75, 3.05) is 0 Å². The molecule has 2 aromatic heterocycles. The molecule has 2 aromatic rings. The van der Waals surface area contributed by atoms with Crippen LogP contribution in [0.3, 0.4) is 0 Å². The van der Waals surface area contributed by atoms with Crippen molar-refractivity contribution in [3.05, 3.63) is 28.6 Å². The van der Waals surface area contributed by atoms with Crippen LogP contribution in [-0.4, -0.2) is 15.0 Å². The lowest BCUT2D eigenvalue weighted by molar-refractivity contribution is 1.22. The van der Waals surface area contributed by atoms with E-state index < -0.39 is 0 Å². The van der Waals surface area contributed by atoms with E-state index in [-0.39, 0.29) is 0 Å². The van der Waals surface area contributed by atoms with Crippen LogP contribution in [0.5, 0.6) is 0 Å². The largest absolute Gasteiger partial charge is 0.234 e. The number of rotatable bonds is 0. The van der Waals surface area contributed by atoms with E-state index in [1.54, 1.807) is 6.07 Å². The zero-order chi connectivity index (χ0) is 8.55. The third kappa shape index (κ3) is 1.33. The van der Waals surface area contributed by atoms with Crippen molar-refractivity contribution in [2.45, 2.75) is 0 Å². The number of nitrogens with zero attached hydrogens (tertiary/aromatic N) is 3. The van der Waals surface area contributed by atoms with Crippen LogP contribution in [0, 0.1) is 0 Å². The number of halogens is 2. The maximum atomic E-state index is 5.70. The molecule has 0 radical (unpaired) electrons. The van der Waals surface area contributed by atoms with E-state index in [9.17, 15) is 0 Å². The first-order chi connectivity index (χ1) is 5.75. The minimum atomic E-state index is 0.339. The van der Waals surface area contributed by atoms with Gasteiger partial charge in [-0.1, -0.05) is 23.2 Å². The summed E-state index contributed by atoms with van der Waals surface area (Å²) in [6.07, 6.45) is 2.97. The molecular weight excluding hydrogens is 197 g/mol. The zero-order valence-electron chi connectivity index (χ0n) is 5.83. The van der Waals surface area contributed by atoms with Gasteiger partial charge in [-0.25, -0.2) is 15.0 Å². The summed E-state index contributed by atoms with van der Waals surface area (Å²) in [5.74, 6) is 0. The summed E-state index contributed by atoms with van der Waals surface area (Å²) >= 11 is 11.3. The quantitative estimate of drug-likeness (QED) is 0.654. The van der Waals surface area contributed by atoms with Gasteiger partial charge in [0.1, 0.15) is 10.7 Å². The molecule has 3 nitrogen and oxygen atoms in total. The fourth-order valence-electron chi connectivity index (χ4n) is 0.861. The van der Waals surface area contributed by atoms with Gasteiger partial charge in [-0.2, -0.15) is 0 Å². The third-order valence-electron chi connectivity index (χ3n) is 1.33. The summed E-state index contributed by atoms with van der Waals surface area (Å²) in [6, 6.07) is 1.67. The monoisotopic (exact) mass is 199 g/mol. The van der Waals surface area contributed by atoms with Gasteiger partial charge < -0.3 is 0 Å². The topological polar surface area (TPSA) is 38.7 Å². The van der Waals surface area contributed by atoms with Gasteiger partial charge in [0.05, 0.1) is 11.2 Å². The van der Waals surface area contributed by atoms with Gasteiger partial charge in [0.2, 0.25) is 0 Å². The Morgan fingerprint density at radius 3 is 2.67 bits per heavy atom. The fourth-order valence-corrected chi connectivity index (χ4v) is 1.15. The lowest BCUT2D eigenvalue weighted by atomic mass is 10.4. The second-order valence-corrected chi connectivity index (χ2v) is 3.01. The molecule has 0 N–H and O–H groups in total. The fraction of sp³-hybridized carbons (Fsp3) is 0. The van der Waals surface area contributed by atoms with Gasteiger partial charge in [0.25, 0.3) is 0 Å². The lowest BCUT2D eigenvalue weighted by Gasteiger charge is -1.95. The van der Waals surface area contributed by atoms with Gasteiger partial charge in [-0.05, 0) is 6.07 Å². The molecule has 0 amide bonds. The van der Waals surface area contributed by atoms with E-state index >= 15 is 0 Å². The highest BCUT2D eigenvalue weighted by Crippen LogP contribution is 2.14. The van der Waals surface area contributed by atoms with Gasteiger partial charge in [0.15, 0.2) is 5.65 Å². The molecule has 2 heterocycles. The number of fused-ring (bicyclic) bond motifs is 1. The minimum Gasteiger partial charge on any atom is -0.234 e. The second kappa shape index (κ2) is 2.84. The molecule has 0 spiro atoms. The highest BCUT2D eigenvalue weighted by atomic mass is 35.5. The first-order valence-corrected chi connectivity index (χ1v) is 3.95. The van der Waals surface area contributed by atoms with Crippen molar-refractivity contribution in [2.24, 2.45) is 0 Å². The van der Waals surface area contributed by atoms with Crippen LogP contribution in [0.25, 0.3) is 11.2 Å². The maximum Gasteiger partial charge on any atom is 0.178 e. The van der Waals surface area contributed by atoms with E-state index in [2.05, 4.69) is 15.0 Å². The Morgan fingerprint density at radius 2 is 1.83 bits per heavy atom. The van der Waals surface area contributed by atoms with Gasteiger partial charge >= 0.3 is 0 Å². The van der Waals surface area contributed by atoms with Crippen LogP contribution in [0.15, 0.2) is 18.5 Å². The summed E-state index contributed by atoms with van der Waals surface area (Å²) < 4.78 is 0. The molecule has 0 aliphatic heterocycles. The third-order valence-corrected chi connectivity index (χ3v) is 1.72. The lowest BCUT2D eigenvalue weighted by Crippen LogP contribution is -1.86. The van der Waals surface area contributed by atoms with Gasteiger partial charge in [0, 0.05) is 6.20 Å². The van der Waals surface area contributed by atoms with Crippen molar-refractivity contribution < 1.29 is 0 Å². The molecule has 0 aliphatic rings. The predicted octanol–water partition coefficient (Wildman–Crippen LogP) is 2.33. The summed E-state index contributed by atoms with van der Waals surface area (Å²) in [5.41, 5.74) is 1.15. The molecule has 0 fully saturated rings. The smallest absolute Gasteiger partial charge is 0.178 e. The Balaban J connectivity index is 2.80. The molecule has 2 rings (SSSR count). The van der Waals surface area contributed by atoms with E-state index in [0.717, 1.165) is 0 Å². The van der Waals surface area contributed by atoms with E-state index in [0.29, 0.717) is 21.3 Å². The van der Waals surface area contributed by atoms with Crippen molar-refractivity contribution in [1.29, 1.82) is 0 Å². The number of hydrogen-bond acceptors (Lipinski definition) is 3. The molecule has 0 bridgehead atoms. The zero-order valence-corrected chi connectivity index (χ0v) is 7.34. The van der Waals surface area contributed by atoms with Crippen LogP contribution in [0.4, 0.5) is 0 Å². The van der Waals surface area contributed by atoms with Crippen molar-refractivity contribution in [3.63, 3.8) is 0 Å². The first-order valence-electron chi connectivity index (χ1n) is 3.19. The Labute approximate surface area is 78.4 Å². The van der Waals surface area contributed by atoms with Crippen LogP contribution >= 0.6 is 23.2 Å². The summed E-state index contributed by atoms with van der Waals surface area (Å²) in [4.78, 5) is 11.9. The summed E-state index contributed by atoms with van der Waals surface area (Å²) in [5, 5.41) is 0.866. The number of aromatic nitrogens is 3. The molecule has 0 saturated carbocycles. The number of hydrogen-bond donors (Lipinski definition) is 0. The average molecular weight is 200 g/mol. The molecule has 0 aliphatic carbocycles. The maximum absolute atomic E-state index is 5.70.